The van der Waals surface area contributed by atoms with Gasteiger partial charge in [-0.25, -0.2) is 0 Å². The Morgan fingerprint density at radius 2 is 2.06 bits per heavy atom. The van der Waals surface area contributed by atoms with Gasteiger partial charge >= 0.3 is 0 Å². The number of hydrogen-bond donors (Lipinski definition) is 1. The molecule has 2 rings (SSSR count). The van der Waals surface area contributed by atoms with Crippen LogP contribution in [0.15, 0.2) is 28.7 Å². The molecule has 0 saturated heterocycles. The first kappa shape index (κ1) is 12.6. The van der Waals surface area contributed by atoms with Crippen molar-refractivity contribution in [2.45, 2.75) is 20.8 Å². The van der Waals surface area contributed by atoms with Crippen molar-refractivity contribution in [3.8, 4) is 5.75 Å². The largest absolute Gasteiger partial charge is 0.492 e. The molecule has 0 aliphatic carbocycles. The van der Waals surface area contributed by atoms with Crippen molar-refractivity contribution >= 4 is 11.0 Å². The number of ether oxygens (including phenoxy) is 1. The van der Waals surface area contributed by atoms with E-state index < -0.39 is 0 Å². The van der Waals surface area contributed by atoms with E-state index in [1.165, 1.54) is 0 Å². The lowest BCUT2D eigenvalue weighted by Gasteiger charge is -2.02. The third-order valence-corrected chi connectivity index (χ3v) is 2.00. The van der Waals surface area contributed by atoms with E-state index in [2.05, 4.69) is 0 Å². The average molecular weight is 223 g/mol. The molecule has 16 heavy (non-hydrogen) atoms. The van der Waals surface area contributed by atoms with Gasteiger partial charge in [-0.05, 0) is 31.2 Å². The van der Waals surface area contributed by atoms with Gasteiger partial charge in [0, 0.05) is 13.4 Å². The van der Waals surface area contributed by atoms with Crippen molar-refractivity contribution in [1.82, 2.24) is 0 Å². The Morgan fingerprint density at radius 1 is 1.31 bits per heavy atom. The first-order chi connectivity index (χ1) is 7.79. The van der Waals surface area contributed by atoms with Crippen molar-refractivity contribution in [2.24, 2.45) is 5.73 Å². The summed E-state index contributed by atoms with van der Waals surface area (Å²) in [6.07, 6.45) is 0. The molecule has 1 aromatic heterocycles. The van der Waals surface area contributed by atoms with Gasteiger partial charge in [0.2, 0.25) is 0 Å². The molecule has 2 aromatic rings. The SMILES string of the molecule is CC.Cc1cc2cc(OCCN)ccc2o1.[HH]. The Bertz CT molecular complexity index is 440. The molecular weight excluding hydrogens is 202 g/mol. The quantitative estimate of drug-likeness (QED) is 0.868. The van der Waals surface area contributed by atoms with Crippen molar-refractivity contribution in [2.75, 3.05) is 13.2 Å². The summed E-state index contributed by atoms with van der Waals surface area (Å²) < 4.78 is 10.9. The van der Waals surface area contributed by atoms with Gasteiger partial charge in [-0.3, -0.25) is 0 Å². The van der Waals surface area contributed by atoms with Crippen LogP contribution in [0.5, 0.6) is 5.75 Å². The summed E-state index contributed by atoms with van der Waals surface area (Å²) in [4.78, 5) is 0. The summed E-state index contributed by atoms with van der Waals surface area (Å²) in [5.74, 6) is 1.75. The van der Waals surface area contributed by atoms with Gasteiger partial charge in [0.15, 0.2) is 0 Å². The Morgan fingerprint density at radius 3 is 2.75 bits per heavy atom. The molecule has 0 unspecified atom stereocenters. The maximum atomic E-state index is 5.45. The molecule has 0 spiro atoms. The molecule has 0 atom stereocenters. The van der Waals surface area contributed by atoms with Gasteiger partial charge < -0.3 is 14.9 Å². The topological polar surface area (TPSA) is 48.4 Å². The maximum absolute atomic E-state index is 5.45. The Kier molecular flexibility index (Phi) is 4.86. The molecule has 0 amide bonds. The molecule has 3 heteroatoms. The zero-order valence-electron chi connectivity index (χ0n) is 10.1. The second-order valence-corrected chi connectivity index (χ2v) is 3.19. The third-order valence-electron chi connectivity index (χ3n) is 2.00. The van der Waals surface area contributed by atoms with Gasteiger partial charge in [-0.2, -0.15) is 0 Å². The van der Waals surface area contributed by atoms with E-state index in [-0.39, 0.29) is 1.43 Å². The van der Waals surface area contributed by atoms with Crippen molar-refractivity contribution < 1.29 is 10.6 Å². The van der Waals surface area contributed by atoms with Crippen LogP contribution in [0.3, 0.4) is 0 Å². The lowest BCUT2D eigenvalue weighted by atomic mass is 10.2. The minimum absolute atomic E-state index is 0. The van der Waals surface area contributed by atoms with Crippen LogP contribution >= 0.6 is 0 Å². The molecule has 3 nitrogen and oxygen atoms in total. The lowest BCUT2D eigenvalue weighted by Crippen LogP contribution is -2.10. The second-order valence-electron chi connectivity index (χ2n) is 3.19. The molecule has 0 aliphatic heterocycles. The average Bonchev–Trinajstić information content (AvgIpc) is 2.68. The highest BCUT2D eigenvalue weighted by atomic mass is 16.5. The van der Waals surface area contributed by atoms with Crippen molar-refractivity contribution in [3.63, 3.8) is 0 Å². The standard InChI is InChI=1S/C11H13NO2.C2H6.H2/c1-8-6-9-7-10(13-5-4-12)2-3-11(9)14-8;1-2;/h2-3,6-7H,4-5,12H2,1H3;1-2H3;1H. The Hall–Kier alpha value is -1.48. The predicted molar refractivity (Wildman–Crippen MR) is 69.0 cm³/mol. The fourth-order valence-corrected chi connectivity index (χ4v) is 1.42. The van der Waals surface area contributed by atoms with Crippen LogP contribution in [0.1, 0.15) is 21.0 Å². The van der Waals surface area contributed by atoms with Crippen LogP contribution in [0, 0.1) is 6.92 Å². The minimum atomic E-state index is 0. The number of benzene rings is 1. The summed E-state index contributed by atoms with van der Waals surface area (Å²) >= 11 is 0. The molecule has 0 bridgehead atoms. The highest BCUT2D eigenvalue weighted by Gasteiger charge is 2.01. The summed E-state index contributed by atoms with van der Waals surface area (Å²) in [6, 6.07) is 7.75. The van der Waals surface area contributed by atoms with E-state index in [0.717, 1.165) is 22.5 Å². The second kappa shape index (κ2) is 6.18. The molecule has 1 heterocycles. The summed E-state index contributed by atoms with van der Waals surface area (Å²) in [6.45, 7) is 7.01. The lowest BCUT2D eigenvalue weighted by molar-refractivity contribution is 0.328. The minimum Gasteiger partial charge on any atom is -0.492 e. The molecule has 90 valence electrons. The smallest absolute Gasteiger partial charge is 0.134 e. The van der Waals surface area contributed by atoms with E-state index in [0.29, 0.717) is 13.2 Å². The number of fused-ring (bicyclic) bond motifs is 1. The first-order valence-electron chi connectivity index (χ1n) is 5.62. The van der Waals surface area contributed by atoms with Crippen LogP contribution in [0.25, 0.3) is 11.0 Å². The van der Waals surface area contributed by atoms with E-state index in [1.54, 1.807) is 0 Å². The zero-order chi connectivity index (χ0) is 12.0. The van der Waals surface area contributed by atoms with Crippen LogP contribution in [-0.2, 0) is 0 Å². The number of hydrogen-bond acceptors (Lipinski definition) is 3. The summed E-state index contributed by atoms with van der Waals surface area (Å²) in [7, 11) is 0. The van der Waals surface area contributed by atoms with Gasteiger partial charge in [-0.1, -0.05) is 13.8 Å². The van der Waals surface area contributed by atoms with Crippen LogP contribution in [-0.4, -0.2) is 13.2 Å². The highest BCUT2D eigenvalue weighted by molar-refractivity contribution is 5.79. The molecule has 0 aliphatic rings. The van der Waals surface area contributed by atoms with E-state index in [1.807, 2.05) is 45.0 Å². The van der Waals surface area contributed by atoms with Gasteiger partial charge in [0.25, 0.3) is 0 Å². The van der Waals surface area contributed by atoms with Crippen molar-refractivity contribution in [1.29, 1.82) is 0 Å². The summed E-state index contributed by atoms with van der Waals surface area (Å²) in [5.41, 5.74) is 6.24. The van der Waals surface area contributed by atoms with E-state index >= 15 is 0 Å². The molecule has 2 N–H and O–H groups in total. The molecule has 0 radical (unpaired) electrons. The van der Waals surface area contributed by atoms with Crippen molar-refractivity contribution in [3.05, 3.63) is 30.0 Å². The zero-order valence-corrected chi connectivity index (χ0v) is 10.1. The van der Waals surface area contributed by atoms with E-state index in [9.17, 15) is 0 Å². The summed E-state index contributed by atoms with van der Waals surface area (Å²) in [5, 5.41) is 1.07. The van der Waals surface area contributed by atoms with E-state index in [4.69, 9.17) is 14.9 Å². The molecule has 0 saturated carbocycles. The van der Waals surface area contributed by atoms with Crippen LogP contribution in [0.4, 0.5) is 0 Å². The Balaban J connectivity index is 0.000000811. The van der Waals surface area contributed by atoms with Gasteiger partial charge in [-0.15, -0.1) is 0 Å². The van der Waals surface area contributed by atoms with Gasteiger partial charge in [0.1, 0.15) is 23.7 Å². The number of rotatable bonds is 3. The predicted octanol–water partition coefficient (Wildman–Crippen LogP) is 3.35. The van der Waals surface area contributed by atoms with Gasteiger partial charge in [0.05, 0.1) is 0 Å². The third kappa shape index (κ3) is 3.00. The maximum Gasteiger partial charge on any atom is 0.134 e. The monoisotopic (exact) mass is 223 g/mol. The molecular formula is C13H21NO2. The normalized spacial score (nSPS) is 9.75. The first-order valence-corrected chi connectivity index (χ1v) is 5.62. The fourth-order valence-electron chi connectivity index (χ4n) is 1.42. The number of nitrogens with two attached hydrogens (primary N) is 1. The number of furan rings is 1. The molecule has 1 aromatic carbocycles. The molecule has 0 fully saturated rings. The van der Waals surface area contributed by atoms with Crippen LogP contribution < -0.4 is 10.5 Å². The Labute approximate surface area is 97.7 Å². The fraction of sp³-hybridized carbons (Fsp3) is 0.385. The number of aryl methyl sites for hydroxylation is 1. The van der Waals surface area contributed by atoms with Crippen LogP contribution in [0.2, 0.25) is 0 Å². The highest BCUT2D eigenvalue weighted by Crippen LogP contribution is 2.23.